The van der Waals surface area contributed by atoms with Crippen molar-refractivity contribution in [3.05, 3.63) is 95.7 Å². The van der Waals surface area contributed by atoms with Crippen molar-refractivity contribution in [3.8, 4) is 11.1 Å². The van der Waals surface area contributed by atoms with Crippen LogP contribution in [0.15, 0.2) is 73.1 Å². The summed E-state index contributed by atoms with van der Waals surface area (Å²) in [6.45, 7) is 4.47. The standard InChI is InChI=1S/C26H23FN6O/c1-17-4-3-5-20(14-17)22-10-12-28-26-25(22)18(2)30-33(26)16-24(34)29-23-11-13-32(31-23)15-19-6-8-21(27)9-7-19/h3-14H,15-16H2,1-2H3,(H,29,31,34). The lowest BCUT2D eigenvalue weighted by Gasteiger charge is -2.06. The van der Waals surface area contributed by atoms with Gasteiger partial charge in [0.1, 0.15) is 12.4 Å². The Balaban J connectivity index is 1.33. The average molecular weight is 455 g/mol. The van der Waals surface area contributed by atoms with Crippen molar-refractivity contribution in [2.45, 2.75) is 26.9 Å². The molecular formula is C26H23FN6O. The normalized spacial score (nSPS) is 11.1. The van der Waals surface area contributed by atoms with Crippen LogP contribution in [0.2, 0.25) is 0 Å². The monoisotopic (exact) mass is 454 g/mol. The van der Waals surface area contributed by atoms with Gasteiger partial charge in [-0.15, -0.1) is 0 Å². The maximum atomic E-state index is 13.1. The molecule has 5 rings (SSSR count). The maximum absolute atomic E-state index is 13.1. The smallest absolute Gasteiger partial charge is 0.247 e. The number of anilines is 1. The summed E-state index contributed by atoms with van der Waals surface area (Å²) in [4.78, 5) is 17.3. The van der Waals surface area contributed by atoms with Crippen LogP contribution < -0.4 is 5.32 Å². The van der Waals surface area contributed by atoms with Crippen LogP contribution in [0.3, 0.4) is 0 Å². The van der Waals surface area contributed by atoms with Crippen LogP contribution in [-0.2, 0) is 17.9 Å². The first-order valence-electron chi connectivity index (χ1n) is 10.9. The van der Waals surface area contributed by atoms with E-state index in [9.17, 15) is 9.18 Å². The van der Waals surface area contributed by atoms with Crippen molar-refractivity contribution in [1.82, 2.24) is 24.5 Å². The Morgan fingerprint density at radius 1 is 1.03 bits per heavy atom. The zero-order valence-corrected chi connectivity index (χ0v) is 18.9. The van der Waals surface area contributed by atoms with Gasteiger partial charge < -0.3 is 5.32 Å². The first kappa shape index (κ1) is 21.5. The zero-order chi connectivity index (χ0) is 23.7. The summed E-state index contributed by atoms with van der Waals surface area (Å²) < 4.78 is 16.4. The number of halogens is 1. The number of hydrogen-bond acceptors (Lipinski definition) is 4. The van der Waals surface area contributed by atoms with E-state index in [2.05, 4.69) is 45.6 Å². The molecule has 1 amide bonds. The second kappa shape index (κ2) is 8.90. The Labute approximate surface area is 195 Å². The van der Waals surface area contributed by atoms with E-state index in [4.69, 9.17) is 0 Å². The fourth-order valence-corrected chi connectivity index (χ4v) is 4.06. The number of carbonyl (C=O) groups excluding carboxylic acids is 1. The van der Waals surface area contributed by atoms with E-state index >= 15 is 0 Å². The molecular weight excluding hydrogens is 431 g/mol. The highest BCUT2D eigenvalue weighted by Gasteiger charge is 2.16. The highest BCUT2D eigenvalue weighted by Crippen LogP contribution is 2.30. The molecule has 0 radical (unpaired) electrons. The molecule has 5 aromatic rings. The van der Waals surface area contributed by atoms with Gasteiger partial charge in [-0.05, 0) is 48.7 Å². The first-order valence-corrected chi connectivity index (χ1v) is 10.9. The summed E-state index contributed by atoms with van der Waals surface area (Å²) in [5.41, 5.74) is 5.69. The highest BCUT2D eigenvalue weighted by molar-refractivity contribution is 5.96. The molecule has 170 valence electrons. The van der Waals surface area contributed by atoms with Crippen LogP contribution in [0.25, 0.3) is 22.2 Å². The largest absolute Gasteiger partial charge is 0.308 e. The molecule has 0 atom stereocenters. The first-order chi connectivity index (χ1) is 16.5. The number of rotatable bonds is 6. The molecule has 7 nitrogen and oxygen atoms in total. The fraction of sp³-hybridized carbons (Fsp3) is 0.154. The minimum atomic E-state index is -0.279. The summed E-state index contributed by atoms with van der Waals surface area (Å²) in [5, 5.41) is 12.7. The average Bonchev–Trinajstić information content (AvgIpc) is 3.39. The number of hydrogen-bond donors (Lipinski definition) is 1. The molecule has 0 spiro atoms. The summed E-state index contributed by atoms with van der Waals surface area (Å²) in [7, 11) is 0. The van der Waals surface area contributed by atoms with Crippen LogP contribution in [-0.4, -0.2) is 30.5 Å². The Bertz CT molecular complexity index is 1490. The van der Waals surface area contributed by atoms with Crippen molar-refractivity contribution in [1.29, 1.82) is 0 Å². The van der Waals surface area contributed by atoms with Crippen molar-refractivity contribution < 1.29 is 9.18 Å². The van der Waals surface area contributed by atoms with Gasteiger partial charge in [0.25, 0.3) is 0 Å². The number of fused-ring (bicyclic) bond motifs is 1. The summed E-state index contributed by atoms with van der Waals surface area (Å²) in [5.74, 6) is -0.0908. The second-order valence-electron chi connectivity index (χ2n) is 8.24. The van der Waals surface area contributed by atoms with Gasteiger partial charge >= 0.3 is 0 Å². The molecule has 34 heavy (non-hydrogen) atoms. The van der Waals surface area contributed by atoms with Gasteiger partial charge in [-0.3, -0.25) is 9.48 Å². The number of amides is 1. The Kier molecular flexibility index (Phi) is 5.63. The number of aromatic nitrogens is 5. The molecule has 0 bridgehead atoms. The van der Waals surface area contributed by atoms with Gasteiger partial charge in [0.05, 0.1) is 12.2 Å². The molecule has 0 aliphatic rings. The Morgan fingerprint density at radius 2 is 1.85 bits per heavy atom. The molecule has 3 aromatic heterocycles. The maximum Gasteiger partial charge on any atom is 0.247 e. The quantitative estimate of drug-likeness (QED) is 0.402. The van der Waals surface area contributed by atoms with Gasteiger partial charge in [0.15, 0.2) is 11.5 Å². The molecule has 0 saturated heterocycles. The Hall–Kier alpha value is -4.33. The molecule has 0 fully saturated rings. The number of nitrogens with one attached hydrogen (secondary N) is 1. The minimum Gasteiger partial charge on any atom is -0.308 e. The third-order valence-corrected chi connectivity index (χ3v) is 5.60. The fourth-order valence-electron chi connectivity index (χ4n) is 4.06. The van der Waals surface area contributed by atoms with E-state index in [1.807, 2.05) is 19.1 Å². The summed E-state index contributed by atoms with van der Waals surface area (Å²) >= 11 is 0. The molecule has 0 saturated carbocycles. The summed E-state index contributed by atoms with van der Waals surface area (Å²) in [6.07, 6.45) is 3.51. The van der Waals surface area contributed by atoms with Crippen LogP contribution in [0.5, 0.6) is 0 Å². The molecule has 1 N–H and O–H groups in total. The zero-order valence-electron chi connectivity index (χ0n) is 18.9. The summed E-state index contributed by atoms with van der Waals surface area (Å²) in [6, 6.07) is 18.2. The van der Waals surface area contributed by atoms with E-state index in [0.717, 1.165) is 27.8 Å². The highest BCUT2D eigenvalue weighted by atomic mass is 19.1. The number of aryl methyl sites for hydroxylation is 2. The number of pyridine rings is 1. The van der Waals surface area contributed by atoms with Crippen molar-refractivity contribution in [3.63, 3.8) is 0 Å². The predicted octanol–water partition coefficient (Wildman–Crippen LogP) is 4.74. The van der Waals surface area contributed by atoms with Gasteiger partial charge in [-0.2, -0.15) is 10.2 Å². The van der Waals surface area contributed by atoms with Gasteiger partial charge in [0.2, 0.25) is 5.91 Å². The lowest BCUT2D eigenvalue weighted by atomic mass is 10.0. The predicted molar refractivity (Wildman–Crippen MR) is 129 cm³/mol. The number of benzene rings is 2. The Morgan fingerprint density at radius 3 is 2.65 bits per heavy atom. The molecule has 8 heteroatoms. The van der Waals surface area contributed by atoms with Gasteiger partial charge in [0, 0.05) is 23.8 Å². The molecule has 2 aromatic carbocycles. The number of carbonyl (C=O) groups is 1. The van der Waals surface area contributed by atoms with Gasteiger partial charge in [-0.25, -0.2) is 14.1 Å². The lowest BCUT2D eigenvalue weighted by molar-refractivity contribution is -0.116. The van der Waals surface area contributed by atoms with Crippen molar-refractivity contribution in [2.75, 3.05) is 5.32 Å². The van der Waals surface area contributed by atoms with Gasteiger partial charge in [-0.1, -0.05) is 42.0 Å². The van der Waals surface area contributed by atoms with E-state index in [1.54, 1.807) is 40.0 Å². The minimum absolute atomic E-state index is 0.0133. The molecule has 0 aliphatic carbocycles. The molecule has 3 heterocycles. The van der Waals surface area contributed by atoms with Crippen LogP contribution in [0.1, 0.15) is 16.8 Å². The van der Waals surface area contributed by atoms with Crippen molar-refractivity contribution >= 4 is 22.8 Å². The molecule has 0 aliphatic heterocycles. The third kappa shape index (κ3) is 4.43. The second-order valence-corrected chi connectivity index (χ2v) is 8.24. The van der Waals surface area contributed by atoms with E-state index < -0.39 is 0 Å². The van der Waals surface area contributed by atoms with Crippen LogP contribution >= 0.6 is 0 Å². The van der Waals surface area contributed by atoms with E-state index in [0.29, 0.717) is 18.0 Å². The van der Waals surface area contributed by atoms with Crippen molar-refractivity contribution in [2.24, 2.45) is 0 Å². The SMILES string of the molecule is Cc1cccc(-c2ccnc3c2c(C)nn3CC(=O)Nc2ccn(Cc3ccc(F)cc3)n2)c1. The number of nitrogens with zero attached hydrogens (tertiary/aromatic N) is 5. The van der Waals surface area contributed by atoms with Crippen LogP contribution in [0.4, 0.5) is 10.2 Å². The third-order valence-electron chi connectivity index (χ3n) is 5.60. The van der Waals surface area contributed by atoms with Crippen LogP contribution in [0, 0.1) is 19.7 Å². The molecule has 0 unspecified atom stereocenters. The lowest BCUT2D eigenvalue weighted by Crippen LogP contribution is -2.20. The van der Waals surface area contributed by atoms with E-state index in [-0.39, 0.29) is 18.3 Å². The van der Waals surface area contributed by atoms with E-state index in [1.165, 1.54) is 17.7 Å². The topological polar surface area (TPSA) is 77.6 Å².